The molecule has 4 rings (SSSR count). The van der Waals surface area contributed by atoms with E-state index < -0.39 is 0 Å². The van der Waals surface area contributed by atoms with Gasteiger partial charge < -0.3 is 9.42 Å². The highest BCUT2D eigenvalue weighted by atomic mass is 32.1. The molecule has 1 atom stereocenters. The highest BCUT2D eigenvalue weighted by molar-refractivity contribution is 7.11. The molecule has 1 aromatic carbocycles. The van der Waals surface area contributed by atoms with Gasteiger partial charge in [0.25, 0.3) is 5.91 Å². The maximum atomic E-state index is 12.8. The van der Waals surface area contributed by atoms with E-state index in [1.807, 2.05) is 43.0 Å². The molecule has 1 saturated heterocycles. The first-order chi connectivity index (χ1) is 13.1. The van der Waals surface area contributed by atoms with Crippen molar-refractivity contribution in [2.75, 3.05) is 13.1 Å². The van der Waals surface area contributed by atoms with Crippen molar-refractivity contribution in [3.63, 3.8) is 0 Å². The van der Waals surface area contributed by atoms with E-state index >= 15 is 0 Å². The summed E-state index contributed by atoms with van der Waals surface area (Å²) >= 11 is 1.42. The quantitative estimate of drug-likeness (QED) is 0.684. The van der Waals surface area contributed by atoms with Gasteiger partial charge in [-0.15, -0.1) is 11.3 Å². The molecule has 140 valence electrons. The van der Waals surface area contributed by atoms with Gasteiger partial charge in [-0.25, -0.2) is 4.98 Å². The van der Waals surface area contributed by atoms with Crippen LogP contribution in [0.5, 0.6) is 0 Å². The largest absolute Gasteiger partial charge is 0.339 e. The summed E-state index contributed by atoms with van der Waals surface area (Å²) in [6.45, 7) is 5.44. The maximum absolute atomic E-state index is 12.8. The number of piperidine rings is 1. The number of carbonyl (C=O) groups is 1. The molecule has 3 aromatic rings. The minimum Gasteiger partial charge on any atom is -0.339 e. The zero-order valence-electron chi connectivity index (χ0n) is 15.5. The molecule has 7 heteroatoms. The normalized spacial score (nSPS) is 17.3. The van der Waals surface area contributed by atoms with Crippen LogP contribution in [0.2, 0.25) is 0 Å². The molecule has 6 nitrogen and oxygen atoms in total. The predicted octanol–water partition coefficient (Wildman–Crippen LogP) is 3.90. The van der Waals surface area contributed by atoms with Crippen LogP contribution in [0.25, 0.3) is 11.4 Å². The molecule has 0 radical (unpaired) electrons. The Morgan fingerprint density at radius 2 is 2.19 bits per heavy atom. The van der Waals surface area contributed by atoms with Gasteiger partial charge in [-0.2, -0.15) is 4.98 Å². The maximum Gasteiger partial charge on any atom is 0.265 e. The number of thiazole rings is 1. The molecule has 0 saturated carbocycles. The summed E-state index contributed by atoms with van der Waals surface area (Å²) in [5.74, 6) is 1.69. The molecule has 0 N–H and O–H groups in total. The van der Waals surface area contributed by atoms with Crippen LogP contribution in [0.1, 0.15) is 39.7 Å². The van der Waals surface area contributed by atoms with Gasteiger partial charge in [0.2, 0.25) is 11.7 Å². The minimum absolute atomic E-state index is 0.0887. The summed E-state index contributed by atoms with van der Waals surface area (Å²) in [7, 11) is 0. The third-order valence-electron chi connectivity index (χ3n) is 5.06. The average Bonchev–Trinajstić information content (AvgIpc) is 3.31. The first kappa shape index (κ1) is 17.9. The molecule has 1 aliphatic heterocycles. The highest BCUT2D eigenvalue weighted by Crippen LogP contribution is 2.25. The number of hydrogen-bond acceptors (Lipinski definition) is 6. The van der Waals surface area contributed by atoms with Crippen LogP contribution < -0.4 is 0 Å². The van der Waals surface area contributed by atoms with Crippen LogP contribution in [0.15, 0.2) is 34.3 Å². The smallest absolute Gasteiger partial charge is 0.265 e. The summed E-state index contributed by atoms with van der Waals surface area (Å²) in [6.07, 6.45) is 2.75. The van der Waals surface area contributed by atoms with Crippen LogP contribution in [0, 0.1) is 19.8 Å². The Hall–Kier alpha value is -2.54. The van der Waals surface area contributed by atoms with E-state index in [0.717, 1.165) is 47.6 Å². The van der Waals surface area contributed by atoms with E-state index in [0.29, 0.717) is 24.1 Å². The predicted molar refractivity (Wildman–Crippen MR) is 104 cm³/mol. The van der Waals surface area contributed by atoms with Crippen LogP contribution in [-0.4, -0.2) is 39.0 Å². The lowest BCUT2D eigenvalue weighted by Gasteiger charge is -2.32. The number of benzene rings is 1. The molecule has 2 aromatic heterocycles. The summed E-state index contributed by atoms with van der Waals surface area (Å²) < 4.78 is 5.49. The first-order valence-corrected chi connectivity index (χ1v) is 10.1. The molecular formula is C20H22N4O2S. The second-order valence-electron chi connectivity index (χ2n) is 7.06. The van der Waals surface area contributed by atoms with E-state index in [-0.39, 0.29) is 5.91 Å². The van der Waals surface area contributed by atoms with Gasteiger partial charge in [0.05, 0.1) is 11.2 Å². The lowest BCUT2D eigenvalue weighted by atomic mass is 9.94. The number of likely N-dealkylation sites (tertiary alicyclic amines) is 1. The number of aromatic nitrogens is 3. The van der Waals surface area contributed by atoms with E-state index in [9.17, 15) is 4.79 Å². The fourth-order valence-electron chi connectivity index (χ4n) is 3.58. The monoisotopic (exact) mass is 382 g/mol. The van der Waals surface area contributed by atoms with Crippen molar-refractivity contribution in [2.45, 2.75) is 33.1 Å². The van der Waals surface area contributed by atoms with E-state index in [1.54, 1.807) is 5.51 Å². The summed E-state index contributed by atoms with van der Waals surface area (Å²) in [5.41, 5.74) is 4.66. The average molecular weight is 382 g/mol. The van der Waals surface area contributed by atoms with Crippen LogP contribution in [0.4, 0.5) is 0 Å². The molecule has 1 fully saturated rings. The summed E-state index contributed by atoms with van der Waals surface area (Å²) in [6, 6.07) is 8.02. The molecule has 0 bridgehead atoms. The number of rotatable bonds is 4. The van der Waals surface area contributed by atoms with Crippen molar-refractivity contribution in [1.82, 2.24) is 20.0 Å². The number of amides is 1. The SMILES string of the molecule is Cc1ccccc1-c1noc(CC2CCCN(C(=O)c3scnc3C)C2)n1. The second kappa shape index (κ2) is 7.60. The van der Waals surface area contributed by atoms with Gasteiger partial charge >= 0.3 is 0 Å². The van der Waals surface area contributed by atoms with Gasteiger partial charge in [-0.05, 0) is 38.2 Å². The third-order valence-corrected chi connectivity index (χ3v) is 5.98. The highest BCUT2D eigenvalue weighted by Gasteiger charge is 2.27. The molecule has 27 heavy (non-hydrogen) atoms. The fourth-order valence-corrected chi connectivity index (χ4v) is 4.35. The fraction of sp³-hybridized carbons (Fsp3) is 0.400. The van der Waals surface area contributed by atoms with Crippen molar-refractivity contribution in [3.05, 3.63) is 51.8 Å². The topological polar surface area (TPSA) is 72.1 Å². The van der Waals surface area contributed by atoms with Gasteiger partial charge in [0.15, 0.2) is 0 Å². The van der Waals surface area contributed by atoms with Crippen LogP contribution in [-0.2, 0) is 6.42 Å². The van der Waals surface area contributed by atoms with Crippen molar-refractivity contribution in [2.24, 2.45) is 5.92 Å². The molecule has 0 aliphatic carbocycles. The van der Waals surface area contributed by atoms with E-state index in [2.05, 4.69) is 15.1 Å². The van der Waals surface area contributed by atoms with E-state index in [4.69, 9.17) is 4.52 Å². The molecule has 3 heterocycles. The minimum atomic E-state index is 0.0887. The summed E-state index contributed by atoms with van der Waals surface area (Å²) in [5, 5.41) is 4.15. The second-order valence-corrected chi connectivity index (χ2v) is 7.91. The molecule has 0 spiro atoms. The zero-order chi connectivity index (χ0) is 18.8. The van der Waals surface area contributed by atoms with Gasteiger partial charge in [-0.3, -0.25) is 4.79 Å². The molecule has 1 amide bonds. The lowest BCUT2D eigenvalue weighted by Crippen LogP contribution is -2.40. The third kappa shape index (κ3) is 3.78. The van der Waals surface area contributed by atoms with Crippen molar-refractivity contribution < 1.29 is 9.32 Å². The molecule has 1 unspecified atom stereocenters. The van der Waals surface area contributed by atoms with Gasteiger partial charge in [0, 0.05) is 25.1 Å². The number of carbonyl (C=O) groups excluding carboxylic acids is 1. The summed E-state index contributed by atoms with van der Waals surface area (Å²) in [4.78, 5) is 24.2. The van der Waals surface area contributed by atoms with Crippen molar-refractivity contribution in [1.29, 1.82) is 0 Å². The lowest BCUT2D eigenvalue weighted by molar-refractivity contribution is 0.0672. The zero-order valence-corrected chi connectivity index (χ0v) is 16.3. The Balaban J connectivity index is 1.44. The van der Waals surface area contributed by atoms with E-state index in [1.165, 1.54) is 11.3 Å². The molecular weight excluding hydrogens is 360 g/mol. The number of aryl methyl sites for hydroxylation is 2. The Labute approximate surface area is 162 Å². The molecule has 1 aliphatic rings. The Bertz CT molecular complexity index is 949. The van der Waals surface area contributed by atoms with Gasteiger partial charge in [-0.1, -0.05) is 29.4 Å². The van der Waals surface area contributed by atoms with Crippen molar-refractivity contribution in [3.8, 4) is 11.4 Å². The standard InChI is InChI=1S/C20H22N4O2S/c1-13-6-3-4-8-16(13)19-22-17(26-23-19)10-15-7-5-9-24(11-15)20(25)18-14(2)21-12-27-18/h3-4,6,8,12,15H,5,7,9-11H2,1-2H3. The van der Waals surface area contributed by atoms with Crippen molar-refractivity contribution >= 4 is 17.2 Å². The van der Waals surface area contributed by atoms with Crippen LogP contribution in [0.3, 0.4) is 0 Å². The number of hydrogen-bond donors (Lipinski definition) is 0. The van der Waals surface area contributed by atoms with Crippen LogP contribution >= 0.6 is 11.3 Å². The number of nitrogens with zero attached hydrogens (tertiary/aromatic N) is 4. The first-order valence-electron chi connectivity index (χ1n) is 9.19. The van der Waals surface area contributed by atoms with Gasteiger partial charge in [0.1, 0.15) is 4.88 Å². The Kier molecular flexibility index (Phi) is 5.03. The Morgan fingerprint density at radius 3 is 2.96 bits per heavy atom. The Morgan fingerprint density at radius 1 is 1.33 bits per heavy atom.